The molecule has 3 rings (SSSR count). The Labute approximate surface area is 137 Å². The number of carbonyl (C=O) groups is 1. The van der Waals surface area contributed by atoms with Crippen molar-refractivity contribution in [3.05, 3.63) is 65.2 Å². The summed E-state index contributed by atoms with van der Waals surface area (Å²) in [6.45, 7) is 3.47. The van der Waals surface area contributed by atoms with Gasteiger partial charge in [-0.25, -0.2) is 4.39 Å². The number of nitrogens with one attached hydrogen (secondary N) is 1. The molecule has 0 saturated heterocycles. The smallest absolute Gasteiger partial charge is 0.261 e. The molecule has 5 nitrogen and oxygen atoms in total. The zero-order chi connectivity index (χ0) is 17.3. The van der Waals surface area contributed by atoms with Gasteiger partial charge in [0.15, 0.2) is 0 Å². The molecule has 0 atom stereocenters. The van der Waals surface area contributed by atoms with Crippen LogP contribution in [0, 0.1) is 19.7 Å². The van der Waals surface area contributed by atoms with Crippen LogP contribution in [0.15, 0.2) is 47.0 Å². The number of aryl methyl sites for hydroxylation is 2. The van der Waals surface area contributed by atoms with Crippen molar-refractivity contribution in [1.82, 2.24) is 5.16 Å². The van der Waals surface area contributed by atoms with Crippen molar-refractivity contribution in [1.29, 1.82) is 0 Å². The lowest BCUT2D eigenvalue weighted by atomic mass is 10.1. The first-order valence-corrected chi connectivity index (χ1v) is 7.29. The Morgan fingerprint density at radius 1 is 1.17 bits per heavy atom. The summed E-state index contributed by atoms with van der Waals surface area (Å²) in [5, 5.41) is 16.4. The number of carbonyl (C=O) groups excluding carboxylic acids is 1. The molecule has 6 heteroatoms. The third-order valence-corrected chi connectivity index (χ3v) is 3.61. The number of hydrogen-bond donors (Lipinski definition) is 2. The minimum Gasteiger partial charge on any atom is -0.506 e. The molecule has 3 aromatic rings. The molecule has 0 aliphatic carbocycles. The van der Waals surface area contributed by atoms with Gasteiger partial charge in [0.05, 0.1) is 5.69 Å². The molecule has 1 heterocycles. The van der Waals surface area contributed by atoms with Crippen LogP contribution in [0.1, 0.15) is 21.7 Å². The fourth-order valence-corrected chi connectivity index (χ4v) is 2.38. The maximum atomic E-state index is 13.1. The van der Waals surface area contributed by atoms with Gasteiger partial charge in [-0.2, -0.15) is 0 Å². The summed E-state index contributed by atoms with van der Waals surface area (Å²) >= 11 is 0. The normalized spacial score (nSPS) is 10.6. The Kier molecular flexibility index (Phi) is 4.04. The standard InChI is InChI=1S/C18H15FN2O3/c1-10-3-8-15(22)14(9-10)20-18(23)16-11(2)24-21-17(16)12-4-6-13(19)7-5-12/h3-9,22H,1-2H3,(H,20,23). The van der Waals surface area contributed by atoms with E-state index in [1.807, 2.05) is 6.92 Å². The van der Waals surface area contributed by atoms with Crippen LogP contribution in [0.3, 0.4) is 0 Å². The van der Waals surface area contributed by atoms with E-state index in [0.29, 0.717) is 22.7 Å². The number of benzene rings is 2. The molecular weight excluding hydrogens is 311 g/mol. The summed E-state index contributed by atoms with van der Waals surface area (Å²) in [5.41, 5.74) is 2.31. The van der Waals surface area contributed by atoms with Gasteiger partial charge in [-0.3, -0.25) is 4.79 Å². The Morgan fingerprint density at radius 2 is 1.88 bits per heavy atom. The predicted molar refractivity (Wildman–Crippen MR) is 87.4 cm³/mol. The number of phenolic OH excluding ortho intramolecular Hbond substituents is 1. The van der Waals surface area contributed by atoms with Gasteiger partial charge in [0.1, 0.15) is 28.6 Å². The molecule has 1 aromatic heterocycles. The fourth-order valence-electron chi connectivity index (χ4n) is 2.38. The highest BCUT2D eigenvalue weighted by atomic mass is 19.1. The van der Waals surface area contributed by atoms with Crippen molar-refractivity contribution in [3.63, 3.8) is 0 Å². The molecule has 0 saturated carbocycles. The molecule has 0 aliphatic rings. The van der Waals surface area contributed by atoms with E-state index in [2.05, 4.69) is 10.5 Å². The number of nitrogens with zero attached hydrogens (tertiary/aromatic N) is 1. The Morgan fingerprint density at radius 3 is 2.58 bits per heavy atom. The number of amides is 1. The predicted octanol–water partition coefficient (Wildman–Crippen LogP) is 4.06. The van der Waals surface area contributed by atoms with Crippen LogP contribution in [0.25, 0.3) is 11.3 Å². The van der Waals surface area contributed by atoms with Gasteiger partial charge in [0.25, 0.3) is 5.91 Å². The van der Waals surface area contributed by atoms with Crippen LogP contribution in [0.2, 0.25) is 0 Å². The molecule has 0 aliphatic heterocycles. The van der Waals surface area contributed by atoms with Gasteiger partial charge >= 0.3 is 0 Å². The van der Waals surface area contributed by atoms with Crippen LogP contribution in [-0.2, 0) is 0 Å². The maximum Gasteiger partial charge on any atom is 0.261 e. The van der Waals surface area contributed by atoms with Gasteiger partial charge in [-0.1, -0.05) is 11.2 Å². The average Bonchev–Trinajstić information content (AvgIpc) is 2.93. The summed E-state index contributed by atoms with van der Waals surface area (Å²) in [7, 11) is 0. The molecular formula is C18H15FN2O3. The number of phenols is 1. The number of halogens is 1. The van der Waals surface area contributed by atoms with E-state index < -0.39 is 5.91 Å². The zero-order valence-electron chi connectivity index (χ0n) is 13.1. The lowest BCUT2D eigenvalue weighted by molar-refractivity contribution is 0.102. The van der Waals surface area contributed by atoms with E-state index in [9.17, 15) is 14.3 Å². The Hall–Kier alpha value is -3.15. The first-order chi connectivity index (χ1) is 11.5. The largest absolute Gasteiger partial charge is 0.506 e. The van der Waals surface area contributed by atoms with Crippen LogP contribution < -0.4 is 5.32 Å². The zero-order valence-corrected chi connectivity index (χ0v) is 13.1. The van der Waals surface area contributed by atoms with Crippen LogP contribution >= 0.6 is 0 Å². The SMILES string of the molecule is Cc1ccc(O)c(NC(=O)c2c(-c3ccc(F)cc3)noc2C)c1. The van der Waals surface area contributed by atoms with Gasteiger partial charge in [-0.05, 0) is 55.8 Å². The molecule has 0 bridgehead atoms. The second-order valence-electron chi connectivity index (χ2n) is 5.44. The molecule has 0 unspecified atom stereocenters. The molecule has 2 N–H and O–H groups in total. The summed E-state index contributed by atoms with van der Waals surface area (Å²) in [5.74, 6) is -0.547. The average molecular weight is 326 g/mol. The lowest BCUT2D eigenvalue weighted by Gasteiger charge is -2.08. The van der Waals surface area contributed by atoms with E-state index >= 15 is 0 Å². The molecule has 0 spiro atoms. The quantitative estimate of drug-likeness (QED) is 0.712. The van der Waals surface area contributed by atoms with Crippen molar-refractivity contribution in [2.24, 2.45) is 0 Å². The molecule has 1 amide bonds. The second kappa shape index (κ2) is 6.16. The number of anilines is 1. The third kappa shape index (κ3) is 2.99. The van der Waals surface area contributed by atoms with Crippen molar-refractivity contribution >= 4 is 11.6 Å². The Bertz CT molecular complexity index is 901. The van der Waals surface area contributed by atoms with Crippen LogP contribution in [0.5, 0.6) is 5.75 Å². The minimum absolute atomic E-state index is 0.0358. The monoisotopic (exact) mass is 326 g/mol. The van der Waals surface area contributed by atoms with Crippen molar-refractivity contribution in [2.75, 3.05) is 5.32 Å². The Balaban J connectivity index is 1.97. The third-order valence-electron chi connectivity index (χ3n) is 3.61. The van der Waals surface area contributed by atoms with Crippen molar-refractivity contribution < 1.29 is 18.8 Å². The molecule has 0 fully saturated rings. The van der Waals surface area contributed by atoms with Gasteiger partial charge in [0.2, 0.25) is 0 Å². The van der Waals surface area contributed by atoms with E-state index in [1.165, 1.54) is 30.3 Å². The summed E-state index contributed by atoms with van der Waals surface area (Å²) in [4.78, 5) is 12.6. The van der Waals surface area contributed by atoms with Crippen molar-refractivity contribution in [3.8, 4) is 17.0 Å². The van der Waals surface area contributed by atoms with Crippen LogP contribution in [-0.4, -0.2) is 16.2 Å². The van der Waals surface area contributed by atoms with Gasteiger partial charge < -0.3 is 14.9 Å². The lowest BCUT2D eigenvalue weighted by Crippen LogP contribution is -2.13. The van der Waals surface area contributed by atoms with Crippen molar-refractivity contribution in [2.45, 2.75) is 13.8 Å². The molecule has 2 aromatic carbocycles. The van der Waals surface area contributed by atoms with E-state index in [0.717, 1.165) is 5.56 Å². The second-order valence-corrected chi connectivity index (χ2v) is 5.44. The van der Waals surface area contributed by atoms with Gasteiger partial charge in [-0.15, -0.1) is 0 Å². The summed E-state index contributed by atoms with van der Waals surface area (Å²) in [6.07, 6.45) is 0. The van der Waals surface area contributed by atoms with E-state index in [4.69, 9.17) is 4.52 Å². The summed E-state index contributed by atoms with van der Waals surface area (Å²) in [6, 6.07) is 10.5. The highest BCUT2D eigenvalue weighted by Crippen LogP contribution is 2.29. The first kappa shape index (κ1) is 15.7. The number of hydrogen-bond acceptors (Lipinski definition) is 4. The van der Waals surface area contributed by atoms with Crippen LogP contribution in [0.4, 0.5) is 10.1 Å². The topological polar surface area (TPSA) is 75.4 Å². The molecule has 24 heavy (non-hydrogen) atoms. The minimum atomic E-state index is -0.464. The highest BCUT2D eigenvalue weighted by Gasteiger charge is 2.22. The molecule has 122 valence electrons. The van der Waals surface area contributed by atoms with E-state index in [-0.39, 0.29) is 17.1 Å². The number of aromatic nitrogens is 1. The fraction of sp³-hybridized carbons (Fsp3) is 0.111. The maximum absolute atomic E-state index is 13.1. The summed E-state index contributed by atoms with van der Waals surface area (Å²) < 4.78 is 18.2. The van der Waals surface area contributed by atoms with E-state index in [1.54, 1.807) is 19.1 Å². The highest BCUT2D eigenvalue weighted by molar-refractivity contribution is 6.09. The molecule has 0 radical (unpaired) electrons. The number of aromatic hydroxyl groups is 1. The number of rotatable bonds is 3. The first-order valence-electron chi connectivity index (χ1n) is 7.29. The van der Waals surface area contributed by atoms with Gasteiger partial charge in [0, 0.05) is 5.56 Å².